The third kappa shape index (κ3) is 3.54. The second-order valence-corrected chi connectivity index (χ2v) is 7.32. The molecule has 0 unspecified atom stereocenters. The van der Waals surface area contributed by atoms with Gasteiger partial charge in [0.25, 0.3) is 5.91 Å². The van der Waals surface area contributed by atoms with Crippen LogP contribution >= 0.6 is 0 Å². The lowest BCUT2D eigenvalue weighted by molar-refractivity contribution is -0.143. The normalized spacial score (nSPS) is 20.8. The molecule has 1 atom stereocenters. The molecule has 27 heavy (non-hydrogen) atoms. The van der Waals surface area contributed by atoms with E-state index in [1.807, 2.05) is 29.2 Å². The van der Waals surface area contributed by atoms with Crippen LogP contribution in [0.15, 0.2) is 30.3 Å². The number of para-hydroxylation sites is 1. The lowest BCUT2D eigenvalue weighted by Crippen LogP contribution is -2.44. The first-order chi connectivity index (χ1) is 13.2. The zero-order valence-electron chi connectivity index (χ0n) is 15.6. The second-order valence-electron chi connectivity index (χ2n) is 7.32. The van der Waals surface area contributed by atoms with E-state index in [0.29, 0.717) is 31.0 Å². The highest BCUT2D eigenvalue weighted by Gasteiger charge is 2.32. The number of amides is 2. The number of fused-ring (bicyclic) bond motifs is 1. The van der Waals surface area contributed by atoms with Gasteiger partial charge in [-0.25, -0.2) is 4.98 Å². The van der Waals surface area contributed by atoms with Crippen LogP contribution in [-0.4, -0.2) is 48.4 Å². The van der Waals surface area contributed by atoms with Gasteiger partial charge >= 0.3 is 0 Å². The predicted octanol–water partition coefficient (Wildman–Crippen LogP) is 2.68. The largest absolute Gasteiger partial charge is 0.368 e. The Morgan fingerprint density at radius 2 is 2.00 bits per heavy atom. The SMILES string of the molecule is CNC(=O)c1cc([C@@H]2CN(C(=O)C3CCCC3)CCO2)nc2ccccc12. The summed E-state index contributed by atoms with van der Waals surface area (Å²) < 4.78 is 5.94. The van der Waals surface area contributed by atoms with E-state index in [1.165, 1.54) is 0 Å². The Balaban J connectivity index is 1.63. The highest BCUT2D eigenvalue weighted by Crippen LogP contribution is 2.30. The van der Waals surface area contributed by atoms with Crippen molar-refractivity contribution < 1.29 is 14.3 Å². The molecule has 2 heterocycles. The van der Waals surface area contributed by atoms with Crippen LogP contribution in [0.3, 0.4) is 0 Å². The molecule has 2 fully saturated rings. The minimum atomic E-state index is -0.308. The van der Waals surface area contributed by atoms with Gasteiger partial charge in [-0.15, -0.1) is 0 Å². The van der Waals surface area contributed by atoms with Crippen molar-refractivity contribution >= 4 is 22.7 Å². The zero-order chi connectivity index (χ0) is 18.8. The number of hydrogen-bond acceptors (Lipinski definition) is 4. The van der Waals surface area contributed by atoms with Crippen LogP contribution in [0.1, 0.15) is 47.8 Å². The molecule has 0 spiro atoms. The van der Waals surface area contributed by atoms with Gasteiger partial charge in [0.2, 0.25) is 5.91 Å². The molecule has 0 bridgehead atoms. The minimum absolute atomic E-state index is 0.149. The molecule has 6 heteroatoms. The molecule has 2 aliphatic rings. The summed E-state index contributed by atoms with van der Waals surface area (Å²) in [6, 6.07) is 9.40. The zero-order valence-corrected chi connectivity index (χ0v) is 15.6. The third-order valence-electron chi connectivity index (χ3n) is 5.62. The quantitative estimate of drug-likeness (QED) is 0.905. The molecular weight excluding hydrogens is 342 g/mol. The van der Waals surface area contributed by atoms with Gasteiger partial charge < -0.3 is 15.0 Å². The summed E-state index contributed by atoms with van der Waals surface area (Å²) in [4.78, 5) is 31.8. The van der Waals surface area contributed by atoms with Crippen molar-refractivity contribution in [3.63, 3.8) is 0 Å². The molecule has 1 saturated carbocycles. The van der Waals surface area contributed by atoms with Crippen molar-refractivity contribution in [3.05, 3.63) is 41.6 Å². The first kappa shape index (κ1) is 17.9. The van der Waals surface area contributed by atoms with Crippen molar-refractivity contribution in [2.75, 3.05) is 26.7 Å². The molecule has 1 N–H and O–H groups in total. The van der Waals surface area contributed by atoms with Crippen molar-refractivity contribution in [1.82, 2.24) is 15.2 Å². The second kappa shape index (κ2) is 7.64. The first-order valence-electron chi connectivity index (χ1n) is 9.69. The summed E-state index contributed by atoms with van der Waals surface area (Å²) in [5, 5.41) is 3.51. The van der Waals surface area contributed by atoms with Crippen LogP contribution in [-0.2, 0) is 9.53 Å². The molecule has 1 aromatic carbocycles. The molecule has 142 valence electrons. The number of nitrogens with zero attached hydrogens (tertiary/aromatic N) is 2. The lowest BCUT2D eigenvalue weighted by atomic mass is 10.0. The fourth-order valence-electron chi connectivity index (χ4n) is 4.14. The van der Waals surface area contributed by atoms with Crippen LogP contribution in [0.25, 0.3) is 10.9 Å². The topological polar surface area (TPSA) is 71.5 Å². The lowest BCUT2D eigenvalue weighted by Gasteiger charge is -2.34. The number of morpholine rings is 1. The van der Waals surface area contributed by atoms with Gasteiger partial charge in [0.05, 0.1) is 29.9 Å². The Kier molecular flexibility index (Phi) is 5.07. The van der Waals surface area contributed by atoms with Crippen LogP contribution in [0, 0.1) is 5.92 Å². The molecule has 4 rings (SSSR count). The number of benzene rings is 1. The Bertz CT molecular complexity index is 861. The van der Waals surface area contributed by atoms with E-state index in [0.717, 1.165) is 36.6 Å². The molecule has 2 aromatic rings. The molecule has 1 saturated heterocycles. The molecule has 0 radical (unpaired) electrons. The summed E-state index contributed by atoms with van der Waals surface area (Å²) in [7, 11) is 1.62. The maximum absolute atomic E-state index is 12.8. The summed E-state index contributed by atoms with van der Waals surface area (Å²) in [6.45, 7) is 1.61. The van der Waals surface area contributed by atoms with Crippen LogP contribution < -0.4 is 5.32 Å². The predicted molar refractivity (Wildman–Crippen MR) is 102 cm³/mol. The Morgan fingerprint density at radius 1 is 1.22 bits per heavy atom. The number of nitrogens with one attached hydrogen (secondary N) is 1. The van der Waals surface area contributed by atoms with Gasteiger partial charge in [0, 0.05) is 24.9 Å². The van der Waals surface area contributed by atoms with E-state index in [9.17, 15) is 9.59 Å². The van der Waals surface area contributed by atoms with Gasteiger partial charge in [0.1, 0.15) is 6.10 Å². The van der Waals surface area contributed by atoms with Crippen molar-refractivity contribution in [1.29, 1.82) is 0 Å². The Labute approximate surface area is 158 Å². The number of hydrogen-bond donors (Lipinski definition) is 1. The van der Waals surface area contributed by atoms with E-state index in [-0.39, 0.29) is 23.8 Å². The van der Waals surface area contributed by atoms with Gasteiger partial charge in [-0.05, 0) is 25.0 Å². The molecular formula is C21H25N3O3. The number of pyridine rings is 1. The molecule has 2 amide bonds. The first-order valence-corrected chi connectivity index (χ1v) is 9.69. The number of rotatable bonds is 3. The fraction of sp³-hybridized carbons (Fsp3) is 0.476. The molecule has 1 aromatic heterocycles. The van der Waals surface area contributed by atoms with Gasteiger partial charge in [-0.2, -0.15) is 0 Å². The molecule has 6 nitrogen and oxygen atoms in total. The monoisotopic (exact) mass is 367 g/mol. The third-order valence-corrected chi connectivity index (χ3v) is 5.62. The summed E-state index contributed by atoms with van der Waals surface area (Å²) in [5.74, 6) is 0.257. The average Bonchev–Trinajstić information content (AvgIpc) is 3.26. The number of carbonyl (C=O) groups excluding carboxylic acids is 2. The molecule has 1 aliphatic heterocycles. The highest BCUT2D eigenvalue weighted by atomic mass is 16.5. The van der Waals surface area contributed by atoms with Crippen LogP contribution in [0.5, 0.6) is 0 Å². The van der Waals surface area contributed by atoms with Gasteiger partial charge in [-0.3, -0.25) is 9.59 Å². The summed E-state index contributed by atoms with van der Waals surface area (Å²) in [6.07, 6.45) is 3.97. The van der Waals surface area contributed by atoms with E-state index in [4.69, 9.17) is 9.72 Å². The van der Waals surface area contributed by atoms with Crippen LogP contribution in [0.2, 0.25) is 0 Å². The van der Waals surface area contributed by atoms with E-state index in [2.05, 4.69) is 5.32 Å². The standard InChI is InChI=1S/C21H25N3O3/c1-22-20(25)16-12-18(23-17-9-5-4-8-15(16)17)19-13-24(10-11-27-19)21(26)14-6-2-3-7-14/h4-5,8-9,12,14,19H,2-3,6-7,10-11,13H2,1H3,(H,22,25)/t19-/m0/s1. The smallest absolute Gasteiger partial charge is 0.251 e. The van der Waals surface area contributed by atoms with Crippen molar-refractivity contribution in [3.8, 4) is 0 Å². The minimum Gasteiger partial charge on any atom is -0.368 e. The fourth-order valence-corrected chi connectivity index (χ4v) is 4.14. The van der Waals surface area contributed by atoms with Crippen molar-refractivity contribution in [2.45, 2.75) is 31.8 Å². The highest BCUT2D eigenvalue weighted by molar-refractivity contribution is 6.06. The maximum atomic E-state index is 12.8. The maximum Gasteiger partial charge on any atom is 0.251 e. The molecule has 1 aliphatic carbocycles. The number of ether oxygens (including phenoxy) is 1. The summed E-state index contributed by atoms with van der Waals surface area (Å²) >= 11 is 0. The number of carbonyl (C=O) groups is 2. The van der Waals surface area contributed by atoms with Gasteiger partial charge in [0.15, 0.2) is 0 Å². The Hall–Kier alpha value is -2.47. The Morgan fingerprint density at radius 3 is 2.78 bits per heavy atom. The van der Waals surface area contributed by atoms with Crippen molar-refractivity contribution in [2.24, 2.45) is 5.92 Å². The van der Waals surface area contributed by atoms with E-state index < -0.39 is 0 Å². The van der Waals surface area contributed by atoms with E-state index in [1.54, 1.807) is 13.1 Å². The number of aromatic nitrogens is 1. The average molecular weight is 367 g/mol. The van der Waals surface area contributed by atoms with Crippen LogP contribution in [0.4, 0.5) is 0 Å². The summed E-state index contributed by atoms with van der Waals surface area (Å²) in [5.41, 5.74) is 2.05. The van der Waals surface area contributed by atoms with E-state index >= 15 is 0 Å². The van der Waals surface area contributed by atoms with Gasteiger partial charge in [-0.1, -0.05) is 31.0 Å².